The number of ether oxygens (including phenoxy) is 3. The number of nitrogens with zero attached hydrogens (tertiary/aromatic N) is 4. The smallest absolute Gasteiger partial charge is 0.247 e. The maximum atomic E-state index is 12.2. The first-order chi connectivity index (χ1) is 17.3. The molecular formula is C26H32N6O4. The van der Waals surface area contributed by atoms with Crippen molar-refractivity contribution in [2.24, 2.45) is 0 Å². The fraction of sp³-hybridized carbons (Fsp3) is 0.269. The topological polar surface area (TPSA) is 101 Å². The maximum absolute atomic E-state index is 12.2. The minimum Gasteiger partial charge on any atom is -0.497 e. The molecule has 3 aromatic rings. The number of hydrogen-bond donors (Lipinski definition) is 2. The van der Waals surface area contributed by atoms with Crippen molar-refractivity contribution in [1.82, 2.24) is 14.9 Å². The average molecular weight is 493 g/mol. The first kappa shape index (κ1) is 26.3. The van der Waals surface area contributed by atoms with E-state index in [1.54, 1.807) is 44.7 Å². The van der Waals surface area contributed by atoms with Crippen molar-refractivity contribution in [2.45, 2.75) is 0 Å². The Morgan fingerprint density at radius 1 is 1.03 bits per heavy atom. The van der Waals surface area contributed by atoms with Gasteiger partial charge < -0.3 is 34.6 Å². The van der Waals surface area contributed by atoms with Crippen LogP contribution >= 0.6 is 0 Å². The molecule has 0 saturated heterocycles. The Morgan fingerprint density at radius 2 is 1.81 bits per heavy atom. The number of nitrogens with one attached hydrogen (secondary N) is 2. The lowest BCUT2D eigenvalue weighted by Gasteiger charge is -2.26. The summed E-state index contributed by atoms with van der Waals surface area (Å²) in [6.07, 6.45) is 2.81. The lowest BCUT2D eigenvalue weighted by Crippen LogP contribution is -2.29. The number of aromatic nitrogens is 2. The zero-order valence-electron chi connectivity index (χ0n) is 21.2. The number of carbonyl (C=O) groups is 1. The number of anilines is 4. The van der Waals surface area contributed by atoms with Crippen molar-refractivity contribution in [3.05, 3.63) is 61.3 Å². The van der Waals surface area contributed by atoms with E-state index in [2.05, 4.69) is 32.1 Å². The van der Waals surface area contributed by atoms with Crippen LogP contribution in [0.25, 0.3) is 0 Å². The zero-order chi connectivity index (χ0) is 26.1. The molecule has 10 nitrogen and oxygen atoms in total. The molecule has 190 valence electrons. The van der Waals surface area contributed by atoms with Gasteiger partial charge in [0, 0.05) is 44.5 Å². The van der Waals surface area contributed by atoms with Gasteiger partial charge in [-0.3, -0.25) is 4.79 Å². The van der Waals surface area contributed by atoms with Crippen LogP contribution in [0.5, 0.6) is 23.1 Å². The fourth-order valence-electron chi connectivity index (χ4n) is 3.27. The molecular weight excluding hydrogens is 460 g/mol. The van der Waals surface area contributed by atoms with Crippen LogP contribution in [0.2, 0.25) is 0 Å². The fourth-order valence-corrected chi connectivity index (χ4v) is 3.27. The molecule has 0 aliphatic rings. The number of rotatable bonds is 12. The van der Waals surface area contributed by atoms with Gasteiger partial charge in [0.25, 0.3) is 0 Å². The average Bonchev–Trinajstić information content (AvgIpc) is 2.87. The first-order valence-corrected chi connectivity index (χ1v) is 11.3. The molecule has 2 N–H and O–H groups in total. The quantitative estimate of drug-likeness (QED) is 0.361. The van der Waals surface area contributed by atoms with E-state index in [0.29, 0.717) is 40.5 Å². The second kappa shape index (κ2) is 12.4. The minimum absolute atomic E-state index is 0.295. The van der Waals surface area contributed by atoms with Gasteiger partial charge in [0.15, 0.2) is 0 Å². The van der Waals surface area contributed by atoms with E-state index in [1.807, 2.05) is 44.2 Å². The molecule has 36 heavy (non-hydrogen) atoms. The Labute approximate surface area is 211 Å². The summed E-state index contributed by atoms with van der Waals surface area (Å²) < 4.78 is 16.7. The number of hydrogen-bond acceptors (Lipinski definition) is 9. The molecule has 3 rings (SSSR count). The van der Waals surface area contributed by atoms with Crippen molar-refractivity contribution < 1.29 is 19.0 Å². The normalized spacial score (nSPS) is 10.5. The zero-order valence-corrected chi connectivity index (χ0v) is 21.2. The Kier molecular flexibility index (Phi) is 9.07. The number of amides is 1. The number of carbonyl (C=O) groups excluding carboxylic acids is 1. The van der Waals surface area contributed by atoms with E-state index >= 15 is 0 Å². The van der Waals surface area contributed by atoms with Crippen molar-refractivity contribution >= 4 is 28.9 Å². The lowest BCUT2D eigenvalue weighted by atomic mass is 10.2. The highest BCUT2D eigenvalue weighted by molar-refractivity contribution is 6.02. The van der Waals surface area contributed by atoms with Crippen LogP contribution in [-0.2, 0) is 4.79 Å². The van der Waals surface area contributed by atoms with Gasteiger partial charge in [0.2, 0.25) is 17.7 Å². The predicted molar refractivity (Wildman–Crippen MR) is 142 cm³/mol. The third-order valence-corrected chi connectivity index (χ3v) is 5.20. The molecule has 0 atom stereocenters. The monoisotopic (exact) mass is 492 g/mol. The summed E-state index contributed by atoms with van der Waals surface area (Å²) in [6.45, 7) is 5.13. The third kappa shape index (κ3) is 7.09. The van der Waals surface area contributed by atoms with Crippen LogP contribution in [0, 0.1) is 0 Å². The van der Waals surface area contributed by atoms with Crippen molar-refractivity contribution in [3.63, 3.8) is 0 Å². The van der Waals surface area contributed by atoms with Gasteiger partial charge in [-0.1, -0.05) is 12.6 Å². The van der Waals surface area contributed by atoms with Crippen LogP contribution in [0.3, 0.4) is 0 Å². The van der Waals surface area contributed by atoms with Crippen LogP contribution in [0.4, 0.5) is 23.0 Å². The molecule has 0 unspecified atom stereocenters. The molecule has 0 aliphatic heterocycles. The molecule has 1 amide bonds. The van der Waals surface area contributed by atoms with Crippen molar-refractivity contribution in [3.8, 4) is 23.1 Å². The van der Waals surface area contributed by atoms with E-state index in [9.17, 15) is 4.79 Å². The van der Waals surface area contributed by atoms with Gasteiger partial charge in [-0.25, -0.2) is 4.98 Å². The lowest BCUT2D eigenvalue weighted by molar-refractivity contribution is -0.111. The Hall–Kier alpha value is -4.31. The molecule has 0 radical (unpaired) electrons. The number of methoxy groups -OCH3 is 2. The van der Waals surface area contributed by atoms with Gasteiger partial charge in [0.1, 0.15) is 17.2 Å². The summed E-state index contributed by atoms with van der Waals surface area (Å²) in [4.78, 5) is 25.0. The van der Waals surface area contributed by atoms with Crippen molar-refractivity contribution in [2.75, 3.05) is 64.0 Å². The van der Waals surface area contributed by atoms with E-state index in [0.717, 1.165) is 18.8 Å². The Balaban J connectivity index is 1.90. The first-order valence-electron chi connectivity index (χ1n) is 11.3. The van der Waals surface area contributed by atoms with E-state index in [1.165, 1.54) is 6.08 Å². The summed E-state index contributed by atoms with van der Waals surface area (Å²) in [7, 11) is 9.14. The summed E-state index contributed by atoms with van der Waals surface area (Å²) in [5.74, 6) is 2.13. The largest absolute Gasteiger partial charge is 0.497 e. The molecule has 0 saturated carbocycles. The number of likely N-dealkylation sites (N-methyl/N-ethyl adjacent to an activating group) is 2. The minimum atomic E-state index is -0.321. The second-order valence-electron chi connectivity index (χ2n) is 8.11. The Morgan fingerprint density at radius 3 is 2.50 bits per heavy atom. The third-order valence-electron chi connectivity index (χ3n) is 5.20. The van der Waals surface area contributed by atoms with Gasteiger partial charge in [-0.05, 0) is 38.4 Å². The van der Waals surface area contributed by atoms with Gasteiger partial charge in [-0.15, -0.1) is 0 Å². The highest BCUT2D eigenvalue weighted by Gasteiger charge is 2.16. The standard InChI is InChI=1S/C26H32N6O4/c1-7-24(33)28-20-16-21(23(35-6)17-22(20)32(4)14-13-31(2)3)29-26-27-12-11-25(30-26)36-19-10-8-9-18(15-19)34-5/h7-12,15-17H,1,13-14H2,2-6H3,(H,28,33)(H,27,29,30). The second-order valence-corrected chi connectivity index (χ2v) is 8.11. The molecule has 1 aromatic heterocycles. The van der Waals surface area contributed by atoms with E-state index in [-0.39, 0.29) is 5.91 Å². The Bertz CT molecular complexity index is 1200. The summed E-state index contributed by atoms with van der Waals surface area (Å²) in [6, 6.07) is 12.5. The molecule has 0 fully saturated rings. The highest BCUT2D eigenvalue weighted by Crippen LogP contribution is 2.38. The summed E-state index contributed by atoms with van der Waals surface area (Å²) in [5, 5.41) is 6.04. The van der Waals surface area contributed by atoms with Gasteiger partial charge >= 0.3 is 0 Å². The van der Waals surface area contributed by atoms with E-state index < -0.39 is 0 Å². The highest BCUT2D eigenvalue weighted by atomic mass is 16.5. The van der Waals surface area contributed by atoms with Crippen LogP contribution in [0.15, 0.2) is 61.3 Å². The molecule has 0 spiro atoms. The predicted octanol–water partition coefficient (Wildman–Crippen LogP) is 4.15. The molecule has 10 heteroatoms. The maximum Gasteiger partial charge on any atom is 0.247 e. The molecule has 0 bridgehead atoms. The van der Waals surface area contributed by atoms with Crippen LogP contribution < -0.4 is 29.7 Å². The van der Waals surface area contributed by atoms with E-state index in [4.69, 9.17) is 14.2 Å². The molecule has 2 aromatic carbocycles. The number of benzene rings is 2. The van der Waals surface area contributed by atoms with Crippen LogP contribution in [-0.4, -0.2) is 69.2 Å². The molecule has 0 aliphatic carbocycles. The summed E-state index contributed by atoms with van der Waals surface area (Å²) in [5.41, 5.74) is 1.96. The van der Waals surface area contributed by atoms with Crippen molar-refractivity contribution in [1.29, 1.82) is 0 Å². The molecule has 1 heterocycles. The van der Waals surface area contributed by atoms with Gasteiger partial charge in [0.05, 0.1) is 31.3 Å². The summed E-state index contributed by atoms with van der Waals surface area (Å²) >= 11 is 0. The SMILES string of the molecule is C=CC(=O)Nc1cc(Nc2nccc(Oc3cccc(OC)c3)n2)c(OC)cc1N(C)CCN(C)C. The van der Waals surface area contributed by atoms with Crippen LogP contribution in [0.1, 0.15) is 0 Å². The van der Waals surface area contributed by atoms with Gasteiger partial charge in [-0.2, -0.15) is 4.98 Å².